The maximum absolute atomic E-state index is 5.22. The highest BCUT2D eigenvalue weighted by atomic mass is 15.0. The van der Waals surface area contributed by atoms with Crippen LogP contribution in [0.1, 0.15) is 25.0 Å². The molecule has 0 saturated carbocycles. The lowest BCUT2D eigenvalue weighted by atomic mass is 9.82. The SMILES string of the molecule is CC1(C)c2ccccc2-c2ccc(-c3nc(-c4ccc(-c5c(-c6ccccc6)nc6ccccn56)cc4)nc(-c4ccc(-c5c(-c6ccccc6)nc6ccccn56)cc4)n3)cc21. The van der Waals surface area contributed by atoms with E-state index in [0.29, 0.717) is 17.5 Å². The summed E-state index contributed by atoms with van der Waals surface area (Å²) in [6.07, 6.45) is 4.14. The number of pyridine rings is 2. The first-order chi connectivity index (χ1) is 31.0. The summed E-state index contributed by atoms with van der Waals surface area (Å²) in [5.41, 5.74) is 17.6. The molecule has 12 rings (SSSR count). The van der Waals surface area contributed by atoms with Crippen LogP contribution in [0.2, 0.25) is 0 Å². The van der Waals surface area contributed by atoms with Crippen LogP contribution in [0.4, 0.5) is 0 Å². The van der Waals surface area contributed by atoms with Gasteiger partial charge < -0.3 is 0 Å². The van der Waals surface area contributed by atoms with Crippen LogP contribution in [0.15, 0.2) is 200 Å². The molecule has 0 amide bonds. The molecular formula is C56H39N7. The molecule has 0 atom stereocenters. The van der Waals surface area contributed by atoms with Crippen LogP contribution in [0.5, 0.6) is 0 Å². The Balaban J connectivity index is 0.984. The van der Waals surface area contributed by atoms with Crippen molar-refractivity contribution in [3.8, 4) is 90.3 Å². The molecule has 7 nitrogen and oxygen atoms in total. The smallest absolute Gasteiger partial charge is 0.164 e. The molecule has 0 fully saturated rings. The van der Waals surface area contributed by atoms with Gasteiger partial charge in [0.2, 0.25) is 0 Å². The van der Waals surface area contributed by atoms with Crippen molar-refractivity contribution in [3.63, 3.8) is 0 Å². The van der Waals surface area contributed by atoms with Crippen LogP contribution in [0, 0.1) is 0 Å². The number of hydrogen-bond donors (Lipinski definition) is 0. The van der Waals surface area contributed by atoms with Gasteiger partial charge >= 0.3 is 0 Å². The second-order valence-electron chi connectivity index (χ2n) is 16.6. The number of hydrogen-bond acceptors (Lipinski definition) is 5. The van der Waals surface area contributed by atoms with E-state index >= 15 is 0 Å². The highest BCUT2D eigenvalue weighted by Gasteiger charge is 2.35. The average molecular weight is 810 g/mol. The molecular weight excluding hydrogens is 771 g/mol. The Kier molecular flexibility index (Phi) is 8.37. The maximum Gasteiger partial charge on any atom is 0.164 e. The Morgan fingerprint density at radius 1 is 0.333 bits per heavy atom. The molecule has 0 saturated heterocycles. The Hall–Kier alpha value is -8.29. The molecule has 7 heteroatoms. The van der Waals surface area contributed by atoms with Gasteiger partial charge in [-0.05, 0) is 52.6 Å². The van der Waals surface area contributed by atoms with Gasteiger partial charge in [0.25, 0.3) is 0 Å². The summed E-state index contributed by atoms with van der Waals surface area (Å²) in [4.78, 5) is 25.7. The maximum atomic E-state index is 5.22. The van der Waals surface area contributed by atoms with E-state index < -0.39 is 0 Å². The molecule has 0 spiro atoms. The van der Waals surface area contributed by atoms with Gasteiger partial charge in [0.05, 0.1) is 22.8 Å². The van der Waals surface area contributed by atoms with Gasteiger partial charge in [-0.25, -0.2) is 24.9 Å². The van der Waals surface area contributed by atoms with Gasteiger partial charge in [-0.3, -0.25) is 8.80 Å². The van der Waals surface area contributed by atoms with Gasteiger partial charge in [0.1, 0.15) is 11.3 Å². The zero-order valence-corrected chi connectivity index (χ0v) is 34.7. The molecule has 0 bridgehead atoms. The minimum Gasteiger partial charge on any atom is -0.299 e. The van der Waals surface area contributed by atoms with Crippen molar-refractivity contribution in [2.45, 2.75) is 19.3 Å². The molecule has 6 aromatic carbocycles. The number of fused-ring (bicyclic) bond motifs is 5. The molecule has 0 N–H and O–H groups in total. The Morgan fingerprint density at radius 2 is 0.746 bits per heavy atom. The molecule has 1 aliphatic carbocycles. The molecule has 1 aliphatic rings. The standard InChI is InChI=1S/C56H39N7/c1-56(2)45-20-10-9-19-43(45)44-32-31-42(35-46(44)56)55-60-53(40-27-23-38(24-28-40)51-49(36-15-5-3-6-16-36)57-47-21-11-13-33-62(47)51)59-54(61-55)41-29-25-39(26-30-41)52-50(37-17-7-4-8-18-37)58-48-22-12-14-34-63(48)52/h3-35H,1-2H3. The first-order valence-corrected chi connectivity index (χ1v) is 21.3. The predicted molar refractivity (Wildman–Crippen MR) is 253 cm³/mol. The summed E-state index contributed by atoms with van der Waals surface area (Å²) in [7, 11) is 0. The molecule has 5 heterocycles. The molecule has 0 unspecified atom stereocenters. The summed E-state index contributed by atoms with van der Waals surface area (Å²) >= 11 is 0. The fourth-order valence-electron chi connectivity index (χ4n) is 9.30. The third-order valence-electron chi connectivity index (χ3n) is 12.5. The highest BCUT2D eigenvalue weighted by molar-refractivity contribution is 5.86. The van der Waals surface area contributed by atoms with Crippen molar-refractivity contribution < 1.29 is 0 Å². The van der Waals surface area contributed by atoms with Crippen molar-refractivity contribution in [3.05, 3.63) is 212 Å². The largest absolute Gasteiger partial charge is 0.299 e. The molecule has 0 radical (unpaired) electrons. The predicted octanol–water partition coefficient (Wildman–Crippen LogP) is 13.1. The van der Waals surface area contributed by atoms with E-state index in [2.05, 4.69) is 175 Å². The molecule has 63 heavy (non-hydrogen) atoms. The first-order valence-electron chi connectivity index (χ1n) is 21.3. The number of aromatic nitrogens is 7. The van der Waals surface area contributed by atoms with E-state index in [4.69, 9.17) is 24.9 Å². The lowest BCUT2D eigenvalue weighted by molar-refractivity contribution is 0.660. The lowest BCUT2D eigenvalue weighted by Crippen LogP contribution is -2.15. The molecule has 0 aliphatic heterocycles. The number of imidazole rings is 2. The second-order valence-corrected chi connectivity index (χ2v) is 16.6. The first kappa shape index (κ1) is 36.6. The molecule has 5 aromatic heterocycles. The van der Waals surface area contributed by atoms with Crippen LogP contribution >= 0.6 is 0 Å². The minimum absolute atomic E-state index is 0.167. The minimum atomic E-state index is -0.167. The van der Waals surface area contributed by atoms with Crippen molar-refractivity contribution >= 4 is 11.3 Å². The second kappa shape index (κ2) is 14.4. The highest BCUT2D eigenvalue weighted by Crippen LogP contribution is 2.49. The van der Waals surface area contributed by atoms with Gasteiger partial charge in [-0.2, -0.15) is 0 Å². The van der Waals surface area contributed by atoms with Crippen molar-refractivity contribution in [1.82, 2.24) is 33.7 Å². The van der Waals surface area contributed by atoms with E-state index in [9.17, 15) is 0 Å². The van der Waals surface area contributed by atoms with Crippen LogP contribution in [-0.4, -0.2) is 33.7 Å². The van der Waals surface area contributed by atoms with Crippen LogP contribution in [0.25, 0.3) is 102 Å². The van der Waals surface area contributed by atoms with Gasteiger partial charge in [-0.15, -0.1) is 0 Å². The lowest BCUT2D eigenvalue weighted by Gasteiger charge is -2.21. The van der Waals surface area contributed by atoms with E-state index in [1.165, 1.54) is 22.3 Å². The van der Waals surface area contributed by atoms with E-state index in [1.807, 2.05) is 48.5 Å². The normalized spacial score (nSPS) is 12.7. The van der Waals surface area contributed by atoms with Crippen LogP contribution in [0.3, 0.4) is 0 Å². The van der Waals surface area contributed by atoms with Gasteiger partial charge in [0, 0.05) is 56.8 Å². The number of rotatable bonds is 7. The van der Waals surface area contributed by atoms with Crippen LogP contribution < -0.4 is 0 Å². The quantitative estimate of drug-likeness (QED) is 0.160. The average Bonchev–Trinajstić information content (AvgIpc) is 4.00. The monoisotopic (exact) mass is 809 g/mol. The van der Waals surface area contributed by atoms with Gasteiger partial charge in [0.15, 0.2) is 17.5 Å². The third kappa shape index (κ3) is 6.08. The van der Waals surface area contributed by atoms with Crippen molar-refractivity contribution in [1.29, 1.82) is 0 Å². The summed E-state index contributed by atoms with van der Waals surface area (Å²) in [5, 5.41) is 0. The van der Waals surface area contributed by atoms with Crippen molar-refractivity contribution in [2.24, 2.45) is 0 Å². The summed E-state index contributed by atoms with van der Waals surface area (Å²) in [6, 6.07) is 65.3. The van der Waals surface area contributed by atoms with Crippen molar-refractivity contribution in [2.75, 3.05) is 0 Å². The summed E-state index contributed by atoms with van der Waals surface area (Å²) in [6.45, 7) is 4.60. The summed E-state index contributed by atoms with van der Waals surface area (Å²) < 4.78 is 4.31. The van der Waals surface area contributed by atoms with Gasteiger partial charge in [-0.1, -0.05) is 172 Å². The van der Waals surface area contributed by atoms with Crippen LogP contribution in [-0.2, 0) is 5.41 Å². The Bertz CT molecular complexity index is 3330. The third-order valence-corrected chi connectivity index (χ3v) is 12.5. The summed E-state index contributed by atoms with van der Waals surface area (Å²) in [5.74, 6) is 1.82. The molecule has 11 aromatic rings. The number of benzene rings is 6. The van der Waals surface area contributed by atoms with E-state index in [-0.39, 0.29) is 5.41 Å². The van der Waals surface area contributed by atoms with E-state index in [1.54, 1.807) is 0 Å². The molecule has 298 valence electrons. The Morgan fingerprint density at radius 3 is 1.27 bits per heavy atom. The van der Waals surface area contributed by atoms with E-state index in [0.717, 1.165) is 73.0 Å². The zero-order chi connectivity index (χ0) is 42.1. The Labute approximate surface area is 364 Å². The number of nitrogens with zero attached hydrogens (tertiary/aromatic N) is 7. The fourth-order valence-corrected chi connectivity index (χ4v) is 9.30. The zero-order valence-electron chi connectivity index (χ0n) is 34.7. The topological polar surface area (TPSA) is 73.3 Å². The fraction of sp³-hybridized carbons (Fsp3) is 0.0536.